The minimum atomic E-state index is -0.142. The molecule has 10 aromatic carbocycles. The average Bonchev–Trinajstić information content (AvgIpc) is 3.97. The monoisotopic (exact) mass is 1010 g/mol. The first-order valence-corrected chi connectivity index (χ1v) is 26.8. The lowest BCUT2D eigenvalue weighted by molar-refractivity contribution is -0.109. The molecule has 0 aromatic heterocycles. The molecule has 2 aliphatic carbocycles. The first-order valence-electron chi connectivity index (χ1n) is 25.2. The van der Waals surface area contributed by atoms with Crippen molar-refractivity contribution >= 4 is 85.5 Å². The van der Waals surface area contributed by atoms with Crippen molar-refractivity contribution in [3.05, 3.63) is 335 Å². The number of ketones is 3. The summed E-state index contributed by atoms with van der Waals surface area (Å²) in [5.74, 6) is -0.238. The van der Waals surface area contributed by atoms with E-state index in [0.29, 0.717) is 33.4 Å². The smallest absolute Gasteiger partial charge is 0.195 e. The Labute approximate surface area is 451 Å². The number of rotatable bonds is 14. The van der Waals surface area contributed by atoms with Gasteiger partial charge in [-0.05, 0) is 93.0 Å². The van der Waals surface area contributed by atoms with Gasteiger partial charge >= 0.3 is 0 Å². The van der Waals surface area contributed by atoms with Crippen molar-refractivity contribution in [3.8, 4) is 0 Å². The van der Waals surface area contributed by atoms with Crippen LogP contribution in [0.4, 0.5) is 0 Å². The number of carbonyl (C=O) groups excluding carboxylic acids is 3. The van der Waals surface area contributed by atoms with Gasteiger partial charge in [0.2, 0.25) is 0 Å². The zero-order chi connectivity index (χ0) is 51.4. The largest absolute Gasteiger partial charge is 0.289 e. The molecule has 2 aliphatic rings. The normalized spacial score (nSPS) is 13.5. The van der Waals surface area contributed by atoms with E-state index in [1.54, 1.807) is 23.5 Å². The Hall–Kier alpha value is -9.13. The molecule has 0 bridgehead atoms. The molecule has 12 rings (SSSR count). The first kappa shape index (κ1) is 47.8. The van der Waals surface area contributed by atoms with Crippen molar-refractivity contribution < 1.29 is 14.4 Å². The van der Waals surface area contributed by atoms with Crippen LogP contribution in [0, 0.1) is 0 Å². The van der Waals surface area contributed by atoms with Crippen LogP contribution in [0.1, 0.15) is 60.4 Å². The Morgan fingerprint density at radius 1 is 0.211 bits per heavy atom. The van der Waals surface area contributed by atoms with E-state index in [2.05, 4.69) is 72.8 Å². The molecule has 0 unspecified atom stereocenters. The zero-order valence-corrected chi connectivity index (χ0v) is 42.7. The lowest BCUT2D eigenvalue weighted by Gasteiger charge is -2.15. The molecule has 360 valence electrons. The fourth-order valence-corrected chi connectivity index (χ4v) is 11.9. The third kappa shape index (κ3) is 9.50. The van der Waals surface area contributed by atoms with E-state index >= 15 is 9.59 Å². The van der Waals surface area contributed by atoms with Crippen LogP contribution in [0.25, 0.3) is 44.6 Å². The van der Waals surface area contributed by atoms with Gasteiger partial charge in [0.1, 0.15) is 0 Å². The van der Waals surface area contributed by atoms with Crippen LogP contribution < -0.4 is 0 Å². The van der Waals surface area contributed by atoms with E-state index in [0.717, 1.165) is 86.4 Å². The Bertz CT molecular complexity index is 3660. The highest BCUT2D eigenvalue weighted by Gasteiger charge is 2.37. The summed E-state index contributed by atoms with van der Waals surface area (Å²) in [6.07, 6.45) is 0. The van der Waals surface area contributed by atoms with Gasteiger partial charge in [0.05, 0.1) is 0 Å². The zero-order valence-electron chi connectivity index (χ0n) is 41.1. The van der Waals surface area contributed by atoms with Gasteiger partial charge in [-0.15, -0.1) is 0 Å². The standard InChI is InChI=1S/C71H46O3S2/c72-69(55-35-31-51(32-36-55)61-63(53-39-43-59(44-40-53)75-57-27-15-5-16-28-57)67(49-23-11-3-12-24-49)70(73)65(61)47-19-7-1-8-20-47)56-37-33-52(34-38-56)62-64(54-41-45-60(46-42-54)76-58-29-17-6-18-30-58)68(50-25-13-4-14-26-50)71(74)66(62)48-21-9-2-10-22-48/h1-46H. The number of benzene rings is 10. The molecule has 0 radical (unpaired) electrons. The van der Waals surface area contributed by atoms with Crippen molar-refractivity contribution in [1.82, 2.24) is 0 Å². The molecule has 0 saturated heterocycles. The van der Waals surface area contributed by atoms with Crippen molar-refractivity contribution in [1.29, 1.82) is 0 Å². The fraction of sp³-hybridized carbons (Fsp3) is 0. The molecule has 0 fully saturated rings. The van der Waals surface area contributed by atoms with Crippen molar-refractivity contribution in [2.75, 3.05) is 0 Å². The molecule has 0 saturated carbocycles. The van der Waals surface area contributed by atoms with Crippen LogP contribution in [0.15, 0.2) is 299 Å². The Morgan fingerprint density at radius 2 is 0.408 bits per heavy atom. The predicted molar refractivity (Wildman–Crippen MR) is 313 cm³/mol. The van der Waals surface area contributed by atoms with Crippen molar-refractivity contribution in [2.24, 2.45) is 0 Å². The lowest BCUT2D eigenvalue weighted by atomic mass is 9.88. The summed E-state index contributed by atoms with van der Waals surface area (Å²) in [4.78, 5) is 49.2. The Morgan fingerprint density at radius 3 is 0.658 bits per heavy atom. The summed E-state index contributed by atoms with van der Waals surface area (Å²) in [6.45, 7) is 0. The van der Waals surface area contributed by atoms with Gasteiger partial charge < -0.3 is 0 Å². The van der Waals surface area contributed by atoms with E-state index < -0.39 is 0 Å². The van der Waals surface area contributed by atoms with Gasteiger partial charge in [-0.25, -0.2) is 0 Å². The Kier molecular flexibility index (Phi) is 13.5. The first-order chi connectivity index (χ1) is 37.5. The van der Waals surface area contributed by atoms with Gasteiger partial charge in [-0.1, -0.05) is 254 Å². The molecule has 5 heteroatoms. The van der Waals surface area contributed by atoms with E-state index in [-0.39, 0.29) is 17.3 Å². The lowest BCUT2D eigenvalue weighted by Crippen LogP contribution is -2.03. The molecular formula is C71H46O3S2. The van der Waals surface area contributed by atoms with Crippen LogP contribution >= 0.6 is 23.5 Å². The van der Waals surface area contributed by atoms with Crippen LogP contribution in [-0.2, 0) is 9.59 Å². The number of hydrogen-bond donors (Lipinski definition) is 0. The second-order valence-electron chi connectivity index (χ2n) is 18.5. The maximum absolute atomic E-state index is 15.1. The summed E-state index contributed by atoms with van der Waals surface area (Å²) in [5, 5.41) is 0. The summed E-state index contributed by atoms with van der Waals surface area (Å²) in [5.41, 5.74) is 13.7. The van der Waals surface area contributed by atoms with Gasteiger partial charge in [0.25, 0.3) is 0 Å². The van der Waals surface area contributed by atoms with Gasteiger partial charge in [-0.2, -0.15) is 0 Å². The van der Waals surface area contributed by atoms with Crippen LogP contribution in [0.5, 0.6) is 0 Å². The number of Topliss-reactive ketones (excluding diaryl/α,β-unsaturated/α-hetero) is 2. The van der Waals surface area contributed by atoms with Gasteiger partial charge in [-0.3, -0.25) is 14.4 Å². The number of hydrogen-bond acceptors (Lipinski definition) is 5. The third-order valence-electron chi connectivity index (χ3n) is 13.8. The van der Waals surface area contributed by atoms with Crippen molar-refractivity contribution in [3.63, 3.8) is 0 Å². The molecular weight excluding hydrogens is 965 g/mol. The number of allylic oxidation sites excluding steroid dienone is 8. The molecule has 0 spiro atoms. The van der Waals surface area contributed by atoms with Gasteiger partial charge in [0, 0.05) is 75.3 Å². The fourth-order valence-electron chi connectivity index (χ4n) is 10.3. The minimum absolute atomic E-state index is 0.0483. The van der Waals surface area contributed by atoms with Crippen molar-refractivity contribution in [2.45, 2.75) is 19.6 Å². The second-order valence-corrected chi connectivity index (χ2v) is 20.8. The quantitative estimate of drug-likeness (QED) is 0.102. The van der Waals surface area contributed by atoms with Crippen LogP contribution in [0.3, 0.4) is 0 Å². The van der Waals surface area contributed by atoms with E-state index in [1.165, 1.54) is 0 Å². The maximum atomic E-state index is 15.1. The average molecular weight is 1010 g/mol. The minimum Gasteiger partial charge on any atom is -0.289 e. The Balaban J connectivity index is 0.915. The number of carbonyl (C=O) groups is 3. The van der Waals surface area contributed by atoms with E-state index in [9.17, 15) is 4.79 Å². The molecule has 76 heavy (non-hydrogen) atoms. The maximum Gasteiger partial charge on any atom is 0.195 e. The molecule has 3 nitrogen and oxygen atoms in total. The highest BCUT2D eigenvalue weighted by atomic mass is 32.2. The highest BCUT2D eigenvalue weighted by Crippen LogP contribution is 2.52. The molecule has 0 N–H and O–H groups in total. The van der Waals surface area contributed by atoms with Crippen LogP contribution in [-0.4, -0.2) is 17.3 Å². The summed E-state index contributed by atoms with van der Waals surface area (Å²) < 4.78 is 0. The topological polar surface area (TPSA) is 51.2 Å². The summed E-state index contributed by atoms with van der Waals surface area (Å²) in [6, 6.07) is 92.3. The summed E-state index contributed by atoms with van der Waals surface area (Å²) in [7, 11) is 0. The SMILES string of the molecule is O=C1C(c2ccccc2)=C(c2ccc(Sc3ccccc3)cc2)C(c2ccc(C(=O)c3ccc(C4=C(c5ccccc5)C(=O)C(c5ccccc5)=C4c4ccc(Sc5ccccc5)cc4)cc3)cc2)=C1c1ccccc1. The second kappa shape index (κ2) is 21.4. The molecule has 0 aliphatic heterocycles. The molecule has 0 heterocycles. The predicted octanol–water partition coefficient (Wildman–Crippen LogP) is 17.4. The molecule has 0 amide bonds. The van der Waals surface area contributed by atoms with Crippen LogP contribution in [0.2, 0.25) is 0 Å². The molecule has 0 atom stereocenters. The van der Waals surface area contributed by atoms with E-state index in [1.807, 2.05) is 206 Å². The molecule has 10 aromatic rings. The highest BCUT2D eigenvalue weighted by molar-refractivity contribution is 7.99. The third-order valence-corrected chi connectivity index (χ3v) is 15.8. The summed E-state index contributed by atoms with van der Waals surface area (Å²) >= 11 is 3.39. The van der Waals surface area contributed by atoms with Gasteiger partial charge in [0.15, 0.2) is 17.3 Å². The van der Waals surface area contributed by atoms with E-state index in [4.69, 9.17) is 0 Å².